The van der Waals surface area contributed by atoms with Gasteiger partial charge in [-0.05, 0) is 63.0 Å². The molecule has 0 radical (unpaired) electrons. The Kier molecular flexibility index (Phi) is 9.69. The molecule has 1 aromatic heterocycles. The van der Waals surface area contributed by atoms with E-state index in [1.807, 2.05) is 18.2 Å². The highest BCUT2D eigenvalue weighted by Gasteiger charge is 2.36. The van der Waals surface area contributed by atoms with E-state index in [2.05, 4.69) is 39.3 Å². The van der Waals surface area contributed by atoms with Crippen molar-refractivity contribution in [2.75, 3.05) is 30.3 Å². The van der Waals surface area contributed by atoms with E-state index >= 15 is 0 Å². The summed E-state index contributed by atoms with van der Waals surface area (Å²) in [5, 5.41) is 6.89. The van der Waals surface area contributed by atoms with E-state index in [1.165, 1.54) is 18.5 Å². The van der Waals surface area contributed by atoms with Crippen molar-refractivity contribution in [1.29, 1.82) is 0 Å². The first-order valence-corrected chi connectivity index (χ1v) is 14.8. The van der Waals surface area contributed by atoms with Crippen molar-refractivity contribution in [3.05, 3.63) is 59.7 Å². The van der Waals surface area contributed by atoms with Crippen LogP contribution in [-0.4, -0.2) is 58.7 Å². The lowest BCUT2D eigenvalue weighted by Crippen LogP contribution is -2.32. The van der Waals surface area contributed by atoms with Gasteiger partial charge in [-0.1, -0.05) is 31.5 Å². The Morgan fingerprint density at radius 2 is 1.90 bits per heavy atom. The molecular formula is C31H37ClFN5O3. The minimum atomic E-state index is -0.501. The molecule has 10 heteroatoms. The Labute approximate surface area is 245 Å². The minimum absolute atomic E-state index is 0.00524. The van der Waals surface area contributed by atoms with Gasteiger partial charge in [0.05, 0.1) is 28.4 Å². The van der Waals surface area contributed by atoms with Gasteiger partial charge in [0.15, 0.2) is 0 Å². The van der Waals surface area contributed by atoms with E-state index in [9.17, 15) is 9.18 Å². The number of ether oxygens (including phenoxy) is 2. The Morgan fingerprint density at radius 3 is 2.61 bits per heavy atom. The SMILES string of the molecule is CCCN(C/C=C/C(=O)Nc1cc2c(Nc3ccc(F)c(Cl)c3)ncnc2cc1OC1CC2CCC(C1)O2)CCC. The van der Waals surface area contributed by atoms with Crippen LogP contribution in [0.2, 0.25) is 5.02 Å². The summed E-state index contributed by atoms with van der Waals surface area (Å²) in [5.74, 6) is 0.303. The molecule has 2 aliphatic rings. The van der Waals surface area contributed by atoms with Crippen molar-refractivity contribution < 1.29 is 18.7 Å². The largest absolute Gasteiger partial charge is 0.488 e. The Morgan fingerprint density at radius 1 is 1.15 bits per heavy atom. The second kappa shape index (κ2) is 13.6. The van der Waals surface area contributed by atoms with Gasteiger partial charge in [-0.3, -0.25) is 9.69 Å². The molecule has 218 valence electrons. The number of amides is 1. The summed E-state index contributed by atoms with van der Waals surface area (Å²) in [6.45, 7) is 7.00. The first-order valence-electron chi connectivity index (χ1n) is 14.4. The lowest BCUT2D eigenvalue weighted by Gasteiger charge is -2.29. The maximum atomic E-state index is 13.7. The molecule has 2 bridgehead atoms. The van der Waals surface area contributed by atoms with Crippen LogP contribution in [-0.2, 0) is 9.53 Å². The van der Waals surface area contributed by atoms with Crippen LogP contribution >= 0.6 is 11.6 Å². The highest BCUT2D eigenvalue weighted by molar-refractivity contribution is 6.31. The second-order valence-electron chi connectivity index (χ2n) is 10.7. The Hall–Kier alpha value is -3.27. The van der Waals surface area contributed by atoms with Gasteiger partial charge in [-0.2, -0.15) is 0 Å². The molecule has 2 aliphatic heterocycles. The average molecular weight is 582 g/mol. The van der Waals surface area contributed by atoms with Gasteiger partial charge < -0.3 is 20.1 Å². The molecule has 0 spiro atoms. The van der Waals surface area contributed by atoms with Gasteiger partial charge in [-0.15, -0.1) is 0 Å². The Bertz CT molecular complexity index is 1390. The monoisotopic (exact) mass is 581 g/mol. The van der Waals surface area contributed by atoms with E-state index in [4.69, 9.17) is 21.1 Å². The summed E-state index contributed by atoms with van der Waals surface area (Å²) in [5.41, 5.74) is 1.75. The predicted molar refractivity (Wildman–Crippen MR) is 161 cm³/mol. The van der Waals surface area contributed by atoms with Gasteiger partial charge in [0, 0.05) is 42.6 Å². The van der Waals surface area contributed by atoms with E-state index in [1.54, 1.807) is 12.1 Å². The molecule has 2 fully saturated rings. The molecule has 0 saturated carbocycles. The maximum Gasteiger partial charge on any atom is 0.248 e. The van der Waals surface area contributed by atoms with Crippen LogP contribution in [0, 0.1) is 5.82 Å². The number of nitrogens with one attached hydrogen (secondary N) is 2. The van der Waals surface area contributed by atoms with Crippen LogP contribution in [0.3, 0.4) is 0 Å². The molecule has 0 aliphatic carbocycles. The summed E-state index contributed by atoms with van der Waals surface area (Å²) in [6.07, 6.45) is 11.2. The fourth-order valence-corrected chi connectivity index (χ4v) is 5.77. The molecule has 1 amide bonds. The molecule has 2 aromatic carbocycles. The molecule has 41 heavy (non-hydrogen) atoms. The number of hydrogen-bond acceptors (Lipinski definition) is 7. The first-order chi connectivity index (χ1) is 19.9. The van der Waals surface area contributed by atoms with Crippen LogP contribution in [0.1, 0.15) is 52.4 Å². The number of halogens is 2. The number of hydrogen-bond donors (Lipinski definition) is 2. The number of benzene rings is 2. The molecule has 2 unspecified atom stereocenters. The zero-order valence-electron chi connectivity index (χ0n) is 23.5. The fourth-order valence-electron chi connectivity index (χ4n) is 5.58. The molecule has 3 heterocycles. The van der Waals surface area contributed by atoms with Crippen LogP contribution in [0.5, 0.6) is 5.75 Å². The van der Waals surface area contributed by atoms with Crippen molar-refractivity contribution in [3.63, 3.8) is 0 Å². The summed E-state index contributed by atoms with van der Waals surface area (Å²) < 4.78 is 26.2. The fraction of sp³-hybridized carbons (Fsp3) is 0.452. The summed E-state index contributed by atoms with van der Waals surface area (Å²) >= 11 is 5.99. The van der Waals surface area contributed by atoms with Gasteiger partial charge in [0.25, 0.3) is 0 Å². The number of aromatic nitrogens is 2. The van der Waals surface area contributed by atoms with Crippen molar-refractivity contribution >= 4 is 45.6 Å². The summed E-state index contributed by atoms with van der Waals surface area (Å²) in [6, 6.07) is 8.02. The van der Waals surface area contributed by atoms with E-state index < -0.39 is 5.82 Å². The number of fused-ring (bicyclic) bond motifs is 3. The number of rotatable bonds is 12. The van der Waals surface area contributed by atoms with Crippen LogP contribution in [0.15, 0.2) is 48.8 Å². The zero-order chi connectivity index (χ0) is 28.8. The minimum Gasteiger partial charge on any atom is -0.488 e. The van der Waals surface area contributed by atoms with Crippen molar-refractivity contribution in [3.8, 4) is 5.75 Å². The highest BCUT2D eigenvalue weighted by Crippen LogP contribution is 2.38. The highest BCUT2D eigenvalue weighted by atomic mass is 35.5. The van der Waals surface area contributed by atoms with Crippen molar-refractivity contribution in [2.45, 2.75) is 70.7 Å². The lowest BCUT2D eigenvalue weighted by molar-refractivity contribution is -0.112. The standard InChI is InChI=1S/C31H37ClFN5O3/c1-3-11-38(12-4-2)13-5-6-30(39)37-28-17-24-27(18-29(28)41-23-15-21-8-9-22(16-23)40-21)34-19-35-31(24)36-20-7-10-26(33)25(32)14-20/h5-7,10,14,17-19,21-23H,3-4,8-9,11-13,15-16H2,1-2H3,(H,37,39)(H,34,35,36)/b6-5+. The van der Waals surface area contributed by atoms with Gasteiger partial charge in [-0.25, -0.2) is 14.4 Å². The number of anilines is 3. The summed E-state index contributed by atoms with van der Waals surface area (Å²) in [4.78, 5) is 24.2. The predicted octanol–water partition coefficient (Wildman–Crippen LogP) is 6.87. The first kappa shape index (κ1) is 29.2. The number of carbonyl (C=O) groups is 1. The number of nitrogens with zero attached hydrogens (tertiary/aromatic N) is 3. The third-order valence-electron chi connectivity index (χ3n) is 7.43. The molecule has 5 rings (SSSR count). The summed E-state index contributed by atoms with van der Waals surface area (Å²) in [7, 11) is 0. The smallest absolute Gasteiger partial charge is 0.248 e. The molecule has 3 aromatic rings. The second-order valence-corrected chi connectivity index (χ2v) is 11.1. The van der Waals surface area contributed by atoms with Crippen molar-refractivity contribution in [2.24, 2.45) is 0 Å². The third kappa shape index (κ3) is 7.52. The van der Waals surface area contributed by atoms with Gasteiger partial charge in [0.1, 0.15) is 29.8 Å². The van der Waals surface area contributed by atoms with Gasteiger partial charge >= 0.3 is 0 Å². The van der Waals surface area contributed by atoms with Crippen molar-refractivity contribution in [1.82, 2.24) is 14.9 Å². The molecule has 8 nitrogen and oxygen atoms in total. The maximum absolute atomic E-state index is 13.7. The molecule has 2 saturated heterocycles. The normalized spacial score (nSPS) is 20.2. The van der Waals surface area contributed by atoms with Crippen LogP contribution in [0.25, 0.3) is 10.9 Å². The van der Waals surface area contributed by atoms with E-state index in [0.29, 0.717) is 40.4 Å². The zero-order valence-corrected chi connectivity index (χ0v) is 24.3. The third-order valence-corrected chi connectivity index (χ3v) is 7.72. The molecule has 2 N–H and O–H groups in total. The molecular weight excluding hydrogens is 545 g/mol. The van der Waals surface area contributed by atoms with Crippen LogP contribution < -0.4 is 15.4 Å². The van der Waals surface area contributed by atoms with E-state index in [0.717, 1.165) is 51.6 Å². The number of carbonyl (C=O) groups excluding carboxylic acids is 1. The molecule has 2 atom stereocenters. The Balaban J connectivity index is 1.42. The lowest BCUT2D eigenvalue weighted by atomic mass is 10.1. The topological polar surface area (TPSA) is 88.6 Å². The van der Waals surface area contributed by atoms with Crippen LogP contribution in [0.4, 0.5) is 21.6 Å². The van der Waals surface area contributed by atoms with E-state index in [-0.39, 0.29) is 29.2 Å². The quantitative estimate of drug-likeness (QED) is 0.226. The average Bonchev–Trinajstić information content (AvgIpc) is 3.29. The van der Waals surface area contributed by atoms with Gasteiger partial charge in [0.2, 0.25) is 5.91 Å².